The second kappa shape index (κ2) is 5.78. The van der Waals surface area contributed by atoms with Crippen molar-refractivity contribution >= 4 is 5.91 Å². The molecule has 0 spiro atoms. The quantitative estimate of drug-likeness (QED) is 0.848. The lowest BCUT2D eigenvalue weighted by Crippen LogP contribution is -2.27. The number of para-hydroxylation sites is 2. The van der Waals surface area contributed by atoms with Gasteiger partial charge in [0.25, 0.3) is 5.91 Å². The highest BCUT2D eigenvalue weighted by Gasteiger charge is 2.22. The summed E-state index contributed by atoms with van der Waals surface area (Å²) < 4.78 is 5.84. The third-order valence-corrected chi connectivity index (χ3v) is 3.48. The molecule has 0 bridgehead atoms. The maximum absolute atomic E-state index is 12.5. The van der Waals surface area contributed by atoms with E-state index in [2.05, 4.69) is 0 Å². The summed E-state index contributed by atoms with van der Waals surface area (Å²) in [5.74, 6) is 1.43. The van der Waals surface area contributed by atoms with Crippen molar-refractivity contribution in [2.45, 2.75) is 12.8 Å². The van der Waals surface area contributed by atoms with E-state index in [9.17, 15) is 4.79 Å². The Bertz CT molecular complexity index is 589. The Kier molecular flexibility index (Phi) is 3.68. The molecule has 0 unspecified atom stereocenters. The average molecular weight is 267 g/mol. The van der Waals surface area contributed by atoms with Crippen molar-refractivity contribution in [3.63, 3.8) is 0 Å². The average Bonchev–Trinajstić information content (AvgIpc) is 3.02. The first-order valence-corrected chi connectivity index (χ1v) is 6.96. The van der Waals surface area contributed by atoms with Crippen LogP contribution in [0.1, 0.15) is 23.2 Å². The fourth-order valence-electron chi connectivity index (χ4n) is 2.44. The minimum atomic E-state index is 0.0639. The minimum absolute atomic E-state index is 0.0639. The predicted octanol–water partition coefficient (Wildman–Crippen LogP) is 3.71. The number of hydrogen-bond donors (Lipinski definition) is 0. The van der Waals surface area contributed by atoms with Gasteiger partial charge >= 0.3 is 0 Å². The van der Waals surface area contributed by atoms with E-state index in [4.69, 9.17) is 4.74 Å². The van der Waals surface area contributed by atoms with Gasteiger partial charge in [-0.3, -0.25) is 4.79 Å². The normalized spacial score (nSPS) is 14.3. The van der Waals surface area contributed by atoms with E-state index in [1.54, 1.807) is 0 Å². The summed E-state index contributed by atoms with van der Waals surface area (Å²) >= 11 is 0. The smallest absolute Gasteiger partial charge is 0.257 e. The number of carbonyl (C=O) groups excluding carboxylic acids is 1. The molecule has 2 aromatic rings. The van der Waals surface area contributed by atoms with E-state index < -0.39 is 0 Å². The second-order valence-corrected chi connectivity index (χ2v) is 4.91. The Morgan fingerprint density at radius 2 is 1.55 bits per heavy atom. The standard InChI is InChI=1S/C17H17NO2/c19-17(18-12-6-7-13-18)15-10-4-5-11-16(15)20-14-8-2-1-3-9-14/h1-5,8-11H,6-7,12-13H2. The van der Waals surface area contributed by atoms with Crippen molar-refractivity contribution in [3.05, 3.63) is 60.2 Å². The van der Waals surface area contributed by atoms with Crippen LogP contribution in [0.5, 0.6) is 11.5 Å². The molecule has 0 N–H and O–H groups in total. The molecule has 20 heavy (non-hydrogen) atoms. The number of nitrogens with zero attached hydrogens (tertiary/aromatic N) is 1. The summed E-state index contributed by atoms with van der Waals surface area (Å²) in [5.41, 5.74) is 0.637. The van der Waals surface area contributed by atoms with Crippen molar-refractivity contribution in [1.29, 1.82) is 0 Å². The van der Waals surface area contributed by atoms with Crippen molar-refractivity contribution in [1.82, 2.24) is 4.90 Å². The van der Waals surface area contributed by atoms with Crippen molar-refractivity contribution < 1.29 is 9.53 Å². The highest BCUT2D eigenvalue weighted by Crippen LogP contribution is 2.27. The van der Waals surface area contributed by atoms with E-state index >= 15 is 0 Å². The van der Waals surface area contributed by atoms with Gasteiger partial charge in [-0.15, -0.1) is 0 Å². The first-order chi connectivity index (χ1) is 9.84. The molecule has 0 radical (unpaired) electrons. The molecule has 3 heteroatoms. The summed E-state index contributed by atoms with van der Waals surface area (Å²) in [4.78, 5) is 14.4. The van der Waals surface area contributed by atoms with Crippen LogP contribution in [-0.2, 0) is 0 Å². The molecule has 0 aromatic heterocycles. The Morgan fingerprint density at radius 3 is 2.30 bits per heavy atom. The van der Waals surface area contributed by atoms with Crippen molar-refractivity contribution in [2.24, 2.45) is 0 Å². The van der Waals surface area contributed by atoms with Crippen LogP contribution >= 0.6 is 0 Å². The number of carbonyl (C=O) groups is 1. The third kappa shape index (κ3) is 2.67. The molecule has 3 nitrogen and oxygen atoms in total. The van der Waals surface area contributed by atoms with Gasteiger partial charge in [-0.1, -0.05) is 30.3 Å². The van der Waals surface area contributed by atoms with E-state index in [0.29, 0.717) is 11.3 Å². The monoisotopic (exact) mass is 267 g/mol. The highest BCUT2D eigenvalue weighted by molar-refractivity contribution is 5.97. The Hall–Kier alpha value is -2.29. The largest absolute Gasteiger partial charge is 0.457 e. The zero-order valence-electron chi connectivity index (χ0n) is 11.3. The molecule has 3 rings (SSSR count). The van der Waals surface area contributed by atoms with Gasteiger partial charge in [0.2, 0.25) is 0 Å². The Balaban J connectivity index is 1.86. The van der Waals surface area contributed by atoms with Crippen molar-refractivity contribution in [2.75, 3.05) is 13.1 Å². The Labute approximate surface area is 118 Å². The van der Waals surface area contributed by atoms with Crippen LogP contribution in [0.25, 0.3) is 0 Å². The number of rotatable bonds is 3. The summed E-state index contributed by atoms with van der Waals surface area (Å²) in [7, 11) is 0. The molecule has 1 heterocycles. The van der Waals surface area contributed by atoms with Crippen LogP contribution < -0.4 is 4.74 Å². The van der Waals surface area contributed by atoms with E-state index in [1.165, 1.54) is 0 Å². The van der Waals surface area contributed by atoms with Gasteiger partial charge in [0.05, 0.1) is 5.56 Å². The first kappa shape index (κ1) is 12.7. The summed E-state index contributed by atoms with van der Waals surface area (Å²) in [6, 6.07) is 17.0. The molecule has 1 amide bonds. The van der Waals surface area contributed by atoms with E-state index in [0.717, 1.165) is 31.7 Å². The molecule has 0 aliphatic carbocycles. The summed E-state index contributed by atoms with van der Waals surface area (Å²) in [5, 5.41) is 0. The lowest BCUT2D eigenvalue weighted by Gasteiger charge is -2.17. The number of ether oxygens (including phenoxy) is 1. The lowest BCUT2D eigenvalue weighted by molar-refractivity contribution is 0.0790. The van der Waals surface area contributed by atoms with Crippen molar-refractivity contribution in [3.8, 4) is 11.5 Å². The zero-order valence-corrected chi connectivity index (χ0v) is 11.3. The molecular formula is C17H17NO2. The summed E-state index contributed by atoms with van der Waals surface area (Å²) in [6.07, 6.45) is 2.18. The maximum atomic E-state index is 12.5. The molecule has 2 aromatic carbocycles. The zero-order chi connectivity index (χ0) is 13.8. The van der Waals surface area contributed by atoms with Crippen LogP contribution in [0, 0.1) is 0 Å². The Morgan fingerprint density at radius 1 is 0.900 bits per heavy atom. The van der Waals surface area contributed by atoms with E-state index in [-0.39, 0.29) is 5.91 Å². The lowest BCUT2D eigenvalue weighted by atomic mass is 10.1. The van der Waals surface area contributed by atoms with Crippen LogP contribution in [0.4, 0.5) is 0 Å². The van der Waals surface area contributed by atoms with Gasteiger partial charge in [0, 0.05) is 13.1 Å². The maximum Gasteiger partial charge on any atom is 0.257 e. The molecule has 1 saturated heterocycles. The molecule has 0 saturated carbocycles. The minimum Gasteiger partial charge on any atom is -0.457 e. The van der Waals surface area contributed by atoms with Crippen LogP contribution in [0.3, 0.4) is 0 Å². The number of likely N-dealkylation sites (tertiary alicyclic amines) is 1. The molecular weight excluding hydrogens is 250 g/mol. The van der Waals surface area contributed by atoms with Crippen LogP contribution in [0.2, 0.25) is 0 Å². The first-order valence-electron chi connectivity index (χ1n) is 6.96. The van der Waals surface area contributed by atoms with Gasteiger partial charge in [0.1, 0.15) is 11.5 Å². The molecule has 0 atom stereocenters. The van der Waals surface area contributed by atoms with Gasteiger partial charge in [-0.25, -0.2) is 0 Å². The fraction of sp³-hybridized carbons (Fsp3) is 0.235. The molecule has 1 fully saturated rings. The topological polar surface area (TPSA) is 29.5 Å². The van der Waals surface area contributed by atoms with Crippen LogP contribution in [-0.4, -0.2) is 23.9 Å². The third-order valence-electron chi connectivity index (χ3n) is 3.48. The van der Waals surface area contributed by atoms with Crippen LogP contribution in [0.15, 0.2) is 54.6 Å². The van der Waals surface area contributed by atoms with Gasteiger partial charge < -0.3 is 9.64 Å². The highest BCUT2D eigenvalue weighted by atomic mass is 16.5. The van der Waals surface area contributed by atoms with Gasteiger partial charge in [-0.05, 0) is 37.1 Å². The summed E-state index contributed by atoms with van der Waals surface area (Å²) in [6.45, 7) is 1.69. The van der Waals surface area contributed by atoms with Gasteiger partial charge in [-0.2, -0.15) is 0 Å². The fourth-order valence-corrected chi connectivity index (χ4v) is 2.44. The predicted molar refractivity (Wildman–Crippen MR) is 78.1 cm³/mol. The van der Waals surface area contributed by atoms with Gasteiger partial charge in [0.15, 0.2) is 0 Å². The number of benzene rings is 2. The number of hydrogen-bond acceptors (Lipinski definition) is 2. The van der Waals surface area contributed by atoms with E-state index in [1.807, 2.05) is 59.5 Å². The SMILES string of the molecule is O=C(c1ccccc1Oc1ccccc1)N1CCCC1. The molecule has 1 aliphatic heterocycles. The number of amides is 1. The molecule has 1 aliphatic rings. The molecule has 102 valence electrons. The second-order valence-electron chi connectivity index (χ2n) is 4.91.